The summed E-state index contributed by atoms with van der Waals surface area (Å²) in [6, 6.07) is 1.71. The Morgan fingerprint density at radius 2 is 2.33 bits per heavy atom. The van der Waals surface area contributed by atoms with Crippen molar-refractivity contribution in [2.24, 2.45) is 0 Å². The van der Waals surface area contributed by atoms with E-state index in [0.29, 0.717) is 15.8 Å². The van der Waals surface area contributed by atoms with Gasteiger partial charge in [0, 0.05) is 7.05 Å². The fraction of sp³-hybridized carbons (Fsp3) is 0.111. The average Bonchev–Trinajstić information content (AvgIpc) is 2.65. The van der Waals surface area contributed by atoms with Crippen LogP contribution < -0.4 is 5.32 Å². The highest BCUT2D eigenvalue weighted by atomic mass is 35.5. The maximum atomic E-state index is 13.4. The zero-order valence-electron chi connectivity index (χ0n) is 7.79. The molecule has 0 saturated heterocycles. The van der Waals surface area contributed by atoms with Crippen LogP contribution in [-0.2, 0) is 0 Å². The fourth-order valence-electron chi connectivity index (χ4n) is 1.11. The van der Waals surface area contributed by atoms with Gasteiger partial charge < -0.3 is 5.32 Å². The molecule has 0 radical (unpaired) electrons. The summed E-state index contributed by atoms with van der Waals surface area (Å²) in [5.41, 5.74) is 0.231. The fourth-order valence-corrected chi connectivity index (χ4v) is 2.25. The van der Waals surface area contributed by atoms with Crippen LogP contribution >= 0.6 is 22.9 Å². The average molecular weight is 244 g/mol. The van der Waals surface area contributed by atoms with Gasteiger partial charge in [-0.3, -0.25) is 0 Å². The van der Waals surface area contributed by atoms with Crippen LogP contribution in [0, 0.1) is 5.82 Å². The van der Waals surface area contributed by atoms with E-state index in [1.165, 1.54) is 11.3 Å². The van der Waals surface area contributed by atoms with Crippen LogP contribution in [0.15, 0.2) is 17.6 Å². The van der Waals surface area contributed by atoms with Crippen molar-refractivity contribution in [1.82, 2.24) is 9.97 Å². The zero-order valence-corrected chi connectivity index (χ0v) is 9.36. The molecule has 2 heterocycles. The van der Waals surface area contributed by atoms with Crippen LogP contribution in [0.4, 0.5) is 10.3 Å². The molecule has 3 nitrogen and oxygen atoms in total. The Kier molecular flexibility index (Phi) is 2.83. The van der Waals surface area contributed by atoms with Gasteiger partial charge in [-0.05, 0) is 11.4 Å². The number of anilines is 1. The van der Waals surface area contributed by atoms with Crippen molar-refractivity contribution >= 4 is 28.9 Å². The minimum absolute atomic E-state index is 0.231. The topological polar surface area (TPSA) is 37.8 Å². The molecule has 6 heteroatoms. The van der Waals surface area contributed by atoms with Gasteiger partial charge in [-0.2, -0.15) is 0 Å². The van der Waals surface area contributed by atoms with E-state index < -0.39 is 5.82 Å². The van der Waals surface area contributed by atoms with E-state index >= 15 is 0 Å². The van der Waals surface area contributed by atoms with E-state index in [2.05, 4.69) is 15.3 Å². The maximum Gasteiger partial charge on any atom is 0.223 e. The minimum atomic E-state index is -0.474. The summed E-state index contributed by atoms with van der Waals surface area (Å²) in [4.78, 5) is 8.40. The minimum Gasteiger partial charge on any atom is -0.357 e. The number of rotatable bonds is 2. The lowest BCUT2D eigenvalue weighted by atomic mass is 10.3. The molecule has 0 amide bonds. The normalized spacial score (nSPS) is 10.3. The van der Waals surface area contributed by atoms with Crippen molar-refractivity contribution in [1.29, 1.82) is 0 Å². The van der Waals surface area contributed by atoms with Gasteiger partial charge in [0.2, 0.25) is 5.95 Å². The molecule has 0 aliphatic carbocycles. The third-order valence-corrected chi connectivity index (χ3v) is 3.15. The van der Waals surface area contributed by atoms with Gasteiger partial charge in [0.05, 0.1) is 16.1 Å². The van der Waals surface area contributed by atoms with Gasteiger partial charge in [-0.1, -0.05) is 11.6 Å². The lowest BCUT2D eigenvalue weighted by molar-refractivity contribution is 0.619. The summed E-state index contributed by atoms with van der Waals surface area (Å²) < 4.78 is 13.4. The van der Waals surface area contributed by atoms with Gasteiger partial charge in [0.15, 0.2) is 5.82 Å². The molecule has 0 saturated carbocycles. The molecule has 2 aromatic rings. The second-order valence-corrected chi connectivity index (χ2v) is 4.06. The summed E-state index contributed by atoms with van der Waals surface area (Å²) >= 11 is 7.25. The summed E-state index contributed by atoms with van der Waals surface area (Å²) in [7, 11) is 1.67. The quantitative estimate of drug-likeness (QED) is 0.881. The molecular weight excluding hydrogens is 237 g/mol. The van der Waals surface area contributed by atoms with Crippen molar-refractivity contribution in [3.8, 4) is 10.6 Å². The van der Waals surface area contributed by atoms with Gasteiger partial charge >= 0.3 is 0 Å². The van der Waals surface area contributed by atoms with Gasteiger partial charge in [-0.15, -0.1) is 11.3 Å². The standard InChI is InChI=1S/C9H7ClFN3S/c1-12-9-13-4-6(11)7(14-9)8-5(10)2-3-15-8/h2-4H,1H3,(H,12,13,14). The zero-order chi connectivity index (χ0) is 10.8. The highest BCUT2D eigenvalue weighted by Gasteiger charge is 2.13. The number of hydrogen-bond acceptors (Lipinski definition) is 4. The van der Waals surface area contributed by atoms with Crippen LogP contribution in [0.2, 0.25) is 5.02 Å². The summed E-state index contributed by atoms with van der Waals surface area (Å²) in [5, 5.41) is 5.04. The molecule has 0 atom stereocenters. The number of thiophene rings is 1. The Labute approximate surface area is 95.0 Å². The molecule has 1 N–H and O–H groups in total. The molecule has 2 rings (SSSR count). The number of hydrogen-bond donors (Lipinski definition) is 1. The second kappa shape index (κ2) is 4.12. The van der Waals surface area contributed by atoms with Crippen molar-refractivity contribution < 1.29 is 4.39 Å². The van der Waals surface area contributed by atoms with Crippen LogP contribution in [0.25, 0.3) is 10.6 Å². The van der Waals surface area contributed by atoms with E-state index in [-0.39, 0.29) is 5.69 Å². The summed E-state index contributed by atoms with van der Waals surface area (Å²) in [5.74, 6) is -0.103. The van der Waals surface area contributed by atoms with E-state index in [1.807, 2.05) is 0 Å². The molecular formula is C9H7ClFN3S. The monoisotopic (exact) mass is 243 g/mol. The molecule has 2 aromatic heterocycles. The Hall–Kier alpha value is -1.20. The van der Waals surface area contributed by atoms with Gasteiger partial charge in [-0.25, -0.2) is 14.4 Å². The first-order valence-corrected chi connectivity index (χ1v) is 5.42. The molecule has 0 fully saturated rings. The van der Waals surface area contributed by atoms with E-state index in [1.54, 1.807) is 18.5 Å². The number of halogens is 2. The first kappa shape index (κ1) is 10.3. The third kappa shape index (κ3) is 1.93. The van der Waals surface area contributed by atoms with E-state index in [0.717, 1.165) is 6.20 Å². The molecule has 0 aliphatic rings. The number of aromatic nitrogens is 2. The highest BCUT2D eigenvalue weighted by molar-refractivity contribution is 7.14. The summed E-state index contributed by atoms with van der Waals surface area (Å²) in [6.07, 6.45) is 1.13. The van der Waals surface area contributed by atoms with E-state index in [9.17, 15) is 4.39 Å². The van der Waals surface area contributed by atoms with E-state index in [4.69, 9.17) is 11.6 Å². The lowest BCUT2D eigenvalue weighted by Crippen LogP contribution is -1.99. The molecule has 0 bridgehead atoms. The molecule has 78 valence electrons. The SMILES string of the molecule is CNc1ncc(F)c(-c2sccc2Cl)n1. The van der Waals surface area contributed by atoms with Crippen LogP contribution in [0.3, 0.4) is 0 Å². The first-order valence-electron chi connectivity index (χ1n) is 4.16. The van der Waals surface area contributed by atoms with Crippen LogP contribution in [-0.4, -0.2) is 17.0 Å². The smallest absolute Gasteiger partial charge is 0.223 e. The van der Waals surface area contributed by atoms with Crippen molar-refractivity contribution in [3.63, 3.8) is 0 Å². The predicted octanol–water partition coefficient (Wildman–Crippen LogP) is 3.04. The van der Waals surface area contributed by atoms with Crippen LogP contribution in [0.1, 0.15) is 0 Å². The number of nitrogens with one attached hydrogen (secondary N) is 1. The van der Waals surface area contributed by atoms with Gasteiger partial charge in [0.25, 0.3) is 0 Å². The third-order valence-electron chi connectivity index (χ3n) is 1.80. The molecule has 0 spiro atoms. The maximum absolute atomic E-state index is 13.4. The second-order valence-electron chi connectivity index (χ2n) is 2.74. The van der Waals surface area contributed by atoms with Crippen molar-refractivity contribution in [2.45, 2.75) is 0 Å². The number of nitrogens with zero attached hydrogens (tertiary/aromatic N) is 2. The molecule has 0 aliphatic heterocycles. The Morgan fingerprint density at radius 1 is 1.53 bits per heavy atom. The molecule has 0 unspecified atom stereocenters. The predicted molar refractivity (Wildman–Crippen MR) is 59.9 cm³/mol. The Bertz CT molecular complexity index is 486. The molecule has 0 aromatic carbocycles. The van der Waals surface area contributed by atoms with Crippen molar-refractivity contribution in [3.05, 3.63) is 28.5 Å². The van der Waals surface area contributed by atoms with Crippen LogP contribution in [0.5, 0.6) is 0 Å². The summed E-state index contributed by atoms with van der Waals surface area (Å²) in [6.45, 7) is 0. The Balaban J connectivity index is 2.56. The molecule has 15 heavy (non-hydrogen) atoms. The largest absolute Gasteiger partial charge is 0.357 e. The Morgan fingerprint density at radius 3 is 2.93 bits per heavy atom. The highest BCUT2D eigenvalue weighted by Crippen LogP contribution is 2.33. The van der Waals surface area contributed by atoms with Gasteiger partial charge in [0.1, 0.15) is 5.69 Å². The lowest BCUT2D eigenvalue weighted by Gasteiger charge is -2.02. The first-order chi connectivity index (χ1) is 7.22. The van der Waals surface area contributed by atoms with Crippen molar-refractivity contribution in [2.75, 3.05) is 12.4 Å².